The first-order valence-electron chi connectivity index (χ1n) is 6.79. The number of amides is 1. The van der Waals surface area contributed by atoms with Crippen LogP contribution in [0.2, 0.25) is 0 Å². The van der Waals surface area contributed by atoms with Crippen molar-refractivity contribution in [2.75, 3.05) is 6.54 Å². The Kier molecular flexibility index (Phi) is 4.27. The van der Waals surface area contributed by atoms with E-state index in [9.17, 15) is 14.7 Å². The molecule has 2 unspecified atom stereocenters. The molecule has 1 aromatic rings. The summed E-state index contributed by atoms with van der Waals surface area (Å²) in [6.45, 7) is 2.11. The number of phenolic OH excluding ortho intramolecular Hbond substituents is 1. The van der Waals surface area contributed by atoms with Gasteiger partial charge in [0, 0.05) is 12.1 Å². The molecule has 1 saturated carbocycles. The molecule has 0 saturated heterocycles. The predicted octanol–water partition coefficient (Wildman–Crippen LogP) is 1.93. The second-order valence-electron chi connectivity index (χ2n) is 5.35. The zero-order valence-corrected chi connectivity index (χ0v) is 11.4. The summed E-state index contributed by atoms with van der Waals surface area (Å²) in [6.07, 6.45) is 2.43. The minimum atomic E-state index is -0.776. The van der Waals surface area contributed by atoms with Gasteiger partial charge in [0.25, 0.3) is 5.91 Å². The van der Waals surface area contributed by atoms with Gasteiger partial charge in [-0.05, 0) is 49.4 Å². The number of carbonyl (C=O) groups is 2. The molecule has 1 aliphatic rings. The topological polar surface area (TPSA) is 86.6 Å². The van der Waals surface area contributed by atoms with Crippen molar-refractivity contribution in [2.24, 2.45) is 11.8 Å². The van der Waals surface area contributed by atoms with Crippen LogP contribution in [0.25, 0.3) is 0 Å². The summed E-state index contributed by atoms with van der Waals surface area (Å²) >= 11 is 0. The summed E-state index contributed by atoms with van der Waals surface area (Å²) in [7, 11) is 0. The maximum Gasteiger partial charge on any atom is 0.306 e. The van der Waals surface area contributed by atoms with E-state index in [0.29, 0.717) is 24.1 Å². The summed E-state index contributed by atoms with van der Waals surface area (Å²) in [5, 5.41) is 21.3. The van der Waals surface area contributed by atoms with E-state index in [1.54, 1.807) is 19.1 Å². The smallest absolute Gasteiger partial charge is 0.306 e. The number of aliphatic carboxylic acids is 1. The minimum absolute atomic E-state index is 0.00895. The van der Waals surface area contributed by atoms with Crippen molar-refractivity contribution < 1.29 is 19.8 Å². The minimum Gasteiger partial charge on any atom is -0.508 e. The van der Waals surface area contributed by atoms with Crippen molar-refractivity contribution in [1.29, 1.82) is 0 Å². The van der Waals surface area contributed by atoms with Crippen LogP contribution in [0.5, 0.6) is 5.75 Å². The lowest BCUT2D eigenvalue weighted by atomic mass is 9.96. The average molecular weight is 277 g/mol. The number of nitrogens with one attached hydrogen (secondary N) is 1. The largest absolute Gasteiger partial charge is 0.508 e. The van der Waals surface area contributed by atoms with Crippen LogP contribution in [0.15, 0.2) is 18.2 Å². The lowest BCUT2D eigenvalue weighted by molar-refractivity contribution is -0.142. The summed E-state index contributed by atoms with van der Waals surface area (Å²) < 4.78 is 0. The molecule has 1 amide bonds. The highest BCUT2D eigenvalue weighted by Gasteiger charge is 2.32. The van der Waals surface area contributed by atoms with E-state index in [4.69, 9.17) is 5.11 Å². The Morgan fingerprint density at radius 1 is 1.35 bits per heavy atom. The summed E-state index contributed by atoms with van der Waals surface area (Å²) in [4.78, 5) is 23.1. The summed E-state index contributed by atoms with van der Waals surface area (Å²) in [6, 6.07) is 4.66. The van der Waals surface area contributed by atoms with Gasteiger partial charge in [0.1, 0.15) is 5.75 Å². The van der Waals surface area contributed by atoms with Gasteiger partial charge in [0.15, 0.2) is 0 Å². The average Bonchev–Trinajstić information content (AvgIpc) is 2.87. The lowest BCUT2D eigenvalue weighted by Crippen LogP contribution is -2.33. The Hall–Kier alpha value is -2.04. The molecule has 5 heteroatoms. The molecule has 0 aromatic heterocycles. The number of aromatic hydroxyl groups is 1. The van der Waals surface area contributed by atoms with E-state index in [2.05, 4.69) is 5.32 Å². The maximum atomic E-state index is 12.0. The van der Waals surface area contributed by atoms with E-state index in [1.807, 2.05) is 0 Å². The molecular weight excluding hydrogens is 258 g/mol. The Balaban J connectivity index is 1.95. The lowest BCUT2D eigenvalue weighted by Gasteiger charge is -2.16. The Morgan fingerprint density at radius 2 is 2.10 bits per heavy atom. The van der Waals surface area contributed by atoms with Crippen LogP contribution in [0, 0.1) is 18.8 Å². The monoisotopic (exact) mass is 277 g/mol. The van der Waals surface area contributed by atoms with Crippen LogP contribution in [-0.4, -0.2) is 28.6 Å². The normalized spacial score (nSPS) is 21.6. The van der Waals surface area contributed by atoms with E-state index < -0.39 is 5.97 Å². The van der Waals surface area contributed by atoms with Crippen molar-refractivity contribution in [3.8, 4) is 5.75 Å². The number of hydrogen-bond acceptors (Lipinski definition) is 3. The number of hydrogen-bond donors (Lipinski definition) is 3. The molecule has 2 rings (SSSR count). The molecule has 0 bridgehead atoms. The quantitative estimate of drug-likeness (QED) is 0.785. The van der Waals surface area contributed by atoms with Gasteiger partial charge in [0.2, 0.25) is 0 Å². The van der Waals surface area contributed by atoms with Gasteiger partial charge < -0.3 is 15.5 Å². The van der Waals surface area contributed by atoms with Crippen molar-refractivity contribution in [1.82, 2.24) is 5.32 Å². The number of benzene rings is 1. The van der Waals surface area contributed by atoms with Gasteiger partial charge in [-0.1, -0.05) is 6.42 Å². The fraction of sp³-hybridized carbons (Fsp3) is 0.467. The predicted molar refractivity (Wildman–Crippen MR) is 73.6 cm³/mol. The molecule has 0 heterocycles. The highest BCUT2D eigenvalue weighted by atomic mass is 16.4. The number of carboxylic acids is 1. The third kappa shape index (κ3) is 3.10. The highest BCUT2D eigenvalue weighted by Crippen LogP contribution is 2.31. The van der Waals surface area contributed by atoms with Crippen LogP contribution in [0.3, 0.4) is 0 Å². The molecule has 1 aliphatic carbocycles. The Morgan fingerprint density at radius 3 is 2.75 bits per heavy atom. The first-order valence-corrected chi connectivity index (χ1v) is 6.79. The standard InChI is InChI=1S/C15H19NO4/c1-9-7-10(5-6-13(9)17)14(18)16-8-11-3-2-4-12(11)15(19)20/h5-7,11-12,17H,2-4,8H2,1H3,(H,16,18)(H,19,20). The van der Waals surface area contributed by atoms with Crippen molar-refractivity contribution in [3.05, 3.63) is 29.3 Å². The summed E-state index contributed by atoms with van der Waals surface area (Å²) in [5.41, 5.74) is 1.12. The Labute approximate surface area is 117 Å². The molecule has 5 nitrogen and oxygen atoms in total. The van der Waals surface area contributed by atoms with Gasteiger partial charge in [-0.15, -0.1) is 0 Å². The van der Waals surface area contributed by atoms with Crippen LogP contribution in [0.1, 0.15) is 35.2 Å². The van der Waals surface area contributed by atoms with E-state index >= 15 is 0 Å². The Bertz CT molecular complexity index is 527. The van der Waals surface area contributed by atoms with Crippen molar-refractivity contribution in [3.63, 3.8) is 0 Å². The number of carboxylic acid groups (broad SMARTS) is 1. The van der Waals surface area contributed by atoms with Crippen molar-refractivity contribution in [2.45, 2.75) is 26.2 Å². The van der Waals surface area contributed by atoms with Gasteiger partial charge in [0.05, 0.1) is 5.92 Å². The molecule has 0 aliphatic heterocycles. The molecular formula is C15H19NO4. The maximum absolute atomic E-state index is 12.0. The first kappa shape index (κ1) is 14.4. The third-order valence-corrected chi connectivity index (χ3v) is 3.96. The molecule has 1 fully saturated rings. The number of carbonyl (C=O) groups excluding carboxylic acids is 1. The zero-order valence-electron chi connectivity index (χ0n) is 11.4. The first-order chi connectivity index (χ1) is 9.49. The summed E-state index contributed by atoms with van der Waals surface area (Å²) in [5.74, 6) is -1.19. The SMILES string of the molecule is Cc1cc(C(=O)NCC2CCCC2C(=O)O)ccc1O. The van der Waals surface area contributed by atoms with Crippen LogP contribution < -0.4 is 5.32 Å². The van der Waals surface area contributed by atoms with Gasteiger partial charge in [-0.3, -0.25) is 9.59 Å². The van der Waals surface area contributed by atoms with E-state index in [1.165, 1.54) is 6.07 Å². The second kappa shape index (κ2) is 5.94. The van der Waals surface area contributed by atoms with Crippen LogP contribution >= 0.6 is 0 Å². The highest BCUT2D eigenvalue weighted by molar-refractivity contribution is 5.94. The second-order valence-corrected chi connectivity index (χ2v) is 5.35. The number of rotatable bonds is 4. The fourth-order valence-corrected chi connectivity index (χ4v) is 2.73. The van der Waals surface area contributed by atoms with E-state index in [0.717, 1.165) is 12.8 Å². The van der Waals surface area contributed by atoms with Gasteiger partial charge in [-0.25, -0.2) is 0 Å². The van der Waals surface area contributed by atoms with Gasteiger partial charge >= 0.3 is 5.97 Å². The fourth-order valence-electron chi connectivity index (χ4n) is 2.73. The molecule has 0 spiro atoms. The number of phenols is 1. The van der Waals surface area contributed by atoms with Crippen LogP contribution in [0.4, 0.5) is 0 Å². The zero-order chi connectivity index (χ0) is 14.7. The van der Waals surface area contributed by atoms with Gasteiger partial charge in [-0.2, -0.15) is 0 Å². The van der Waals surface area contributed by atoms with Crippen molar-refractivity contribution >= 4 is 11.9 Å². The third-order valence-electron chi connectivity index (χ3n) is 3.96. The molecule has 2 atom stereocenters. The molecule has 0 radical (unpaired) electrons. The molecule has 1 aromatic carbocycles. The van der Waals surface area contributed by atoms with E-state index in [-0.39, 0.29) is 23.5 Å². The van der Waals surface area contributed by atoms with Crippen LogP contribution in [-0.2, 0) is 4.79 Å². The number of aryl methyl sites for hydroxylation is 1. The molecule has 108 valence electrons. The molecule has 20 heavy (non-hydrogen) atoms. The molecule has 3 N–H and O–H groups in total.